The topological polar surface area (TPSA) is 101 Å². The van der Waals surface area contributed by atoms with Crippen molar-refractivity contribution in [3.05, 3.63) is 11.5 Å². The summed E-state index contributed by atoms with van der Waals surface area (Å²) in [5, 5.41) is 8.75. The average Bonchev–Trinajstić information content (AvgIpc) is 2.84. The predicted molar refractivity (Wildman–Crippen MR) is 89.5 cm³/mol. The van der Waals surface area contributed by atoms with E-state index in [0.29, 0.717) is 12.3 Å². The third-order valence-corrected chi connectivity index (χ3v) is 6.53. The molecule has 6 atom stereocenters. The molecule has 0 aromatic heterocycles. The molecule has 5 rings (SSSR count). The second-order valence-corrected chi connectivity index (χ2v) is 8.31. The number of esters is 1. The van der Waals surface area contributed by atoms with Crippen LogP contribution in [0.25, 0.3) is 0 Å². The maximum absolute atomic E-state index is 12.0. The Morgan fingerprint density at radius 1 is 1.22 bits per heavy atom. The highest BCUT2D eigenvalue weighted by atomic mass is 17.3. The first-order valence-corrected chi connectivity index (χ1v) is 9.60. The lowest BCUT2D eigenvalue weighted by Crippen LogP contribution is -2.66. The van der Waals surface area contributed by atoms with Gasteiger partial charge in [-0.15, -0.1) is 0 Å². The van der Waals surface area contributed by atoms with Crippen LogP contribution in [0.15, 0.2) is 11.5 Å². The monoisotopic (exact) mass is 382 g/mol. The number of ether oxygens (including phenoxy) is 3. The van der Waals surface area contributed by atoms with Crippen LogP contribution < -0.4 is 0 Å². The van der Waals surface area contributed by atoms with Gasteiger partial charge >= 0.3 is 11.9 Å². The number of rotatable bonds is 4. The maximum atomic E-state index is 12.0. The second kappa shape index (κ2) is 6.46. The van der Waals surface area contributed by atoms with E-state index in [1.807, 2.05) is 13.8 Å². The van der Waals surface area contributed by atoms with Crippen LogP contribution in [0.4, 0.5) is 0 Å². The van der Waals surface area contributed by atoms with Crippen molar-refractivity contribution in [2.45, 2.75) is 77.0 Å². The largest absolute Gasteiger partial charge is 0.481 e. The Morgan fingerprint density at radius 2 is 2.00 bits per heavy atom. The molecule has 4 aliphatic heterocycles. The lowest BCUT2D eigenvalue weighted by molar-refractivity contribution is -0.557. The van der Waals surface area contributed by atoms with Gasteiger partial charge in [0.1, 0.15) is 0 Å². The van der Waals surface area contributed by atoms with Crippen LogP contribution >= 0.6 is 0 Å². The van der Waals surface area contributed by atoms with E-state index in [9.17, 15) is 9.59 Å². The lowest BCUT2D eigenvalue weighted by atomic mass is 9.60. The van der Waals surface area contributed by atoms with Gasteiger partial charge in [0.15, 0.2) is 5.60 Å². The van der Waals surface area contributed by atoms with E-state index < -0.39 is 29.6 Å². The number of hydrogen-bond acceptors (Lipinski definition) is 7. The van der Waals surface area contributed by atoms with Crippen molar-refractivity contribution < 1.29 is 38.7 Å². The van der Waals surface area contributed by atoms with Crippen molar-refractivity contribution in [2.24, 2.45) is 17.8 Å². The zero-order chi connectivity index (χ0) is 19.4. The third-order valence-electron chi connectivity index (χ3n) is 6.53. The van der Waals surface area contributed by atoms with E-state index >= 15 is 0 Å². The van der Waals surface area contributed by atoms with Crippen LogP contribution in [0.3, 0.4) is 0 Å². The number of fused-ring (bicyclic) bond motifs is 2. The van der Waals surface area contributed by atoms with E-state index in [2.05, 4.69) is 6.92 Å². The molecule has 8 heteroatoms. The number of carboxylic acid groups (broad SMARTS) is 1. The van der Waals surface area contributed by atoms with Gasteiger partial charge in [0, 0.05) is 23.8 Å². The zero-order valence-corrected chi connectivity index (χ0v) is 15.9. The van der Waals surface area contributed by atoms with Crippen molar-refractivity contribution in [2.75, 3.05) is 0 Å². The summed E-state index contributed by atoms with van der Waals surface area (Å²) in [6.45, 7) is 5.91. The molecule has 0 amide bonds. The summed E-state index contributed by atoms with van der Waals surface area (Å²) in [6.07, 6.45) is 2.26. The van der Waals surface area contributed by atoms with Gasteiger partial charge in [-0.3, -0.25) is 9.59 Å². The first-order valence-electron chi connectivity index (χ1n) is 9.60. The minimum absolute atomic E-state index is 0.0534. The summed E-state index contributed by atoms with van der Waals surface area (Å²) in [5.41, 5.74) is 0.0267. The number of hydrogen-bond donors (Lipinski definition) is 1. The molecule has 0 radical (unpaired) electrons. The smallest absolute Gasteiger partial charge is 0.314 e. The quantitative estimate of drug-likeness (QED) is 0.585. The van der Waals surface area contributed by atoms with Crippen molar-refractivity contribution >= 4 is 11.9 Å². The van der Waals surface area contributed by atoms with E-state index in [1.165, 1.54) is 0 Å². The molecule has 1 saturated carbocycles. The molecule has 8 nitrogen and oxygen atoms in total. The van der Waals surface area contributed by atoms with Gasteiger partial charge in [0.25, 0.3) is 5.95 Å². The summed E-state index contributed by atoms with van der Waals surface area (Å²) in [4.78, 5) is 34.4. The Bertz CT molecular complexity index is 687. The summed E-state index contributed by atoms with van der Waals surface area (Å²) >= 11 is 0. The van der Waals surface area contributed by atoms with Gasteiger partial charge in [0.2, 0.25) is 12.1 Å². The van der Waals surface area contributed by atoms with Crippen LogP contribution in [-0.4, -0.2) is 34.7 Å². The van der Waals surface area contributed by atoms with Gasteiger partial charge in [-0.1, -0.05) is 6.92 Å². The van der Waals surface area contributed by atoms with E-state index in [4.69, 9.17) is 29.1 Å². The molecule has 4 fully saturated rings. The minimum atomic E-state index is -1.05. The number of aliphatic carboxylic acids is 1. The molecule has 1 spiro atoms. The Labute approximate surface area is 157 Å². The summed E-state index contributed by atoms with van der Waals surface area (Å²) in [5.74, 6) is -1.88. The highest BCUT2D eigenvalue weighted by molar-refractivity contribution is 5.77. The maximum Gasteiger partial charge on any atom is 0.314 e. The highest BCUT2D eigenvalue weighted by Crippen LogP contribution is 2.60. The molecular weight excluding hydrogens is 356 g/mol. The standard InChI is InChI=1S/C19H26O8/c1-10-4-5-13-11(2)16(23-15(22)7-6-14(20)21)24-17-19(13)12(10)8-9-18(3,25-17)26-27-19/h10,12-13,17H,4-9H2,1-3H3,(H,20,21)/t10-,12?,13+,17-,18+,19-/m1/s1. The number of carbonyl (C=O) groups is 2. The first-order chi connectivity index (χ1) is 12.7. The van der Waals surface area contributed by atoms with E-state index in [-0.39, 0.29) is 30.6 Å². The van der Waals surface area contributed by atoms with Crippen molar-refractivity contribution in [1.29, 1.82) is 0 Å². The van der Waals surface area contributed by atoms with Crippen molar-refractivity contribution in [3.8, 4) is 0 Å². The average molecular weight is 382 g/mol. The van der Waals surface area contributed by atoms with Gasteiger partial charge < -0.3 is 19.3 Å². The molecule has 1 unspecified atom stereocenters. The fourth-order valence-corrected chi connectivity index (χ4v) is 5.06. The molecule has 3 saturated heterocycles. The molecule has 27 heavy (non-hydrogen) atoms. The molecule has 150 valence electrons. The molecule has 4 heterocycles. The number of carbonyl (C=O) groups excluding carboxylic acids is 1. The van der Waals surface area contributed by atoms with Gasteiger partial charge in [-0.2, -0.15) is 0 Å². The SMILES string of the molecule is CC1=C(OC(=O)CCC(=O)O)O[C@@H]2O[C@]3(C)CCC4[C@H](C)CC[C@@H]1[C@]42OO3. The molecule has 0 aromatic rings. The lowest BCUT2D eigenvalue weighted by Gasteiger charge is -2.56. The molecule has 5 aliphatic rings. The predicted octanol–water partition coefficient (Wildman–Crippen LogP) is 2.87. The van der Waals surface area contributed by atoms with Crippen LogP contribution in [0.1, 0.15) is 59.3 Å². The van der Waals surface area contributed by atoms with E-state index in [1.54, 1.807) is 0 Å². The fraction of sp³-hybridized carbons (Fsp3) is 0.789. The summed E-state index contributed by atoms with van der Waals surface area (Å²) < 4.78 is 17.5. The Morgan fingerprint density at radius 3 is 2.74 bits per heavy atom. The molecule has 1 N–H and O–H groups in total. The first kappa shape index (κ1) is 18.7. The second-order valence-electron chi connectivity index (χ2n) is 8.31. The van der Waals surface area contributed by atoms with Crippen LogP contribution in [0.5, 0.6) is 0 Å². The summed E-state index contributed by atoms with van der Waals surface area (Å²) in [6, 6.07) is 0. The van der Waals surface area contributed by atoms with Crippen molar-refractivity contribution in [1.82, 2.24) is 0 Å². The highest BCUT2D eigenvalue weighted by Gasteiger charge is 2.68. The molecule has 2 bridgehead atoms. The zero-order valence-electron chi connectivity index (χ0n) is 15.9. The molecule has 1 aliphatic carbocycles. The Kier molecular flexibility index (Phi) is 4.48. The summed E-state index contributed by atoms with van der Waals surface area (Å²) in [7, 11) is 0. The van der Waals surface area contributed by atoms with Gasteiger partial charge in [0.05, 0.1) is 12.8 Å². The van der Waals surface area contributed by atoms with E-state index in [0.717, 1.165) is 24.8 Å². The normalized spacial score (nSPS) is 42.8. The van der Waals surface area contributed by atoms with Gasteiger partial charge in [-0.05, 0) is 39.0 Å². The van der Waals surface area contributed by atoms with Gasteiger partial charge in [-0.25, -0.2) is 9.78 Å². The number of carboxylic acids is 1. The Hall–Kier alpha value is -1.64. The third kappa shape index (κ3) is 2.94. The van der Waals surface area contributed by atoms with Crippen LogP contribution in [-0.2, 0) is 33.6 Å². The Balaban J connectivity index is 1.65. The van der Waals surface area contributed by atoms with Crippen LogP contribution in [0, 0.1) is 17.8 Å². The molecular formula is C19H26O8. The fourth-order valence-electron chi connectivity index (χ4n) is 5.06. The van der Waals surface area contributed by atoms with Crippen molar-refractivity contribution in [3.63, 3.8) is 0 Å². The molecule has 0 aromatic carbocycles. The minimum Gasteiger partial charge on any atom is -0.481 e. The van der Waals surface area contributed by atoms with Crippen LogP contribution in [0.2, 0.25) is 0 Å².